The van der Waals surface area contributed by atoms with E-state index in [2.05, 4.69) is 19.6 Å². The number of rotatable bonds is 27. The third kappa shape index (κ3) is 19.9. The Balaban J connectivity index is 5.02. The first-order chi connectivity index (χ1) is 16.6. The molecule has 0 atom stereocenters. The molecule has 0 amide bonds. The van der Waals surface area contributed by atoms with Gasteiger partial charge in [0.1, 0.15) is 0 Å². The van der Waals surface area contributed by atoms with Crippen LogP contribution < -0.4 is 34.4 Å². The highest BCUT2D eigenvalue weighted by Gasteiger charge is 2.14. The van der Waals surface area contributed by atoms with Crippen molar-refractivity contribution in [2.45, 2.75) is 38.5 Å². The lowest BCUT2D eigenvalue weighted by Gasteiger charge is -2.32. The van der Waals surface area contributed by atoms with Crippen LogP contribution in [0.1, 0.15) is 38.5 Å². The summed E-state index contributed by atoms with van der Waals surface area (Å²) < 4.78 is 0. The SMILES string of the molecule is NCCCN(CCCN)CCN(CCN(CCCN)CCCN)CCN(CCCN)CCCN. The first kappa shape index (κ1) is 33.6. The van der Waals surface area contributed by atoms with Crippen molar-refractivity contribution in [2.24, 2.45) is 34.4 Å². The number of hydrogen-bond acceptors (Lipinski definition) is 10. The fraction of sp³-hybridized carbons (Fsp3) is 1.00. The number of nitrogens with zero attached hydrogens (tertiary/aromatic N) is 4. The van der Waals surface area contributed by atoms with Crippen LogP contribution in [0.4, 0.5) is 0 Å². The summed E-state index contributed by atoms with van der Waals surface area (Å²) >= 11 is 0. The molecule has 0 unspecified atom stereocenters. The van der Waals surface area contributed by atoms with Crippen molar-refractivity contribution in [3.8, 4) is 0 Å². The van der Waals surface area contributed by atoms with E-state index in [0.717, 1.165) is 156 Å². The normalized spacial score (nSPS) is 12.2. The zero-order chi connectivity index (χ0) is 25.3. The van der Waals surface area contributed by atoms with Gasteiger partial charge >= 0.3 is 0 Å². The van der Waals surface area contributed by atoms with Crippen LogP contribution in [0.2, 0.25) is 0 Å². The molecule has 0 spiro atoms. The van der Waals surface area contributed by atoms with E-state index >= 15 is 0 Å². The molecule has 0 heterocycles. The Morgan fingerprint density at radius 1 is 0.235 bits per heavy atom. The van der Waals surface area contributed by atoms with Gasteiger partial charge in [-0.2, -0.15) is 0 Å². The summed E-state index contributed by atoms with van der Waals surface area (Å²) in [6.07, 6.45) is 6.18. The highest BCUT2D eigenvalue weighted by molar-refractivity contribution is 4.70. The van der Waals surface area contributed by atoms with Gasteiger partial charge in [-0.15, -0.1) is 0 Å². The molecule has 0 aromatic heterocycles. The first-order valence-electron chi connectivity index (χ1n) is 13.7. The number of nitrogens with two attached hydrogens (primary N) is 6. The molecule has 34 heavy (non-hydrogen) atoms. The summed E-state index contributed by atoms with van der Waals surface area (Å²) in [4.78, 5) is 10.2. The molecule has 0 aliphatic rings. The molecule has 0 aromatic carbocycles. The van der Waals surface area contributed by atoms with E-state index < -0.39 is 0 Å². The van der Waals surface area contributed by atoms with Crippen molar-refractivity contribution in [3.63, 3.8) is 0 Å². The molecule has 0 saturated heterocycles. The van der Waals surface area contributed by atoms with Gasteiger partial charge in [0, 0.05) is 39.3 Å². The summed E-state index contributed by atoms with van der Waals surface area (Å²) in [5, 5.41) is 0. The van der Waals surface area contributed by atoms with E-state index in [0.29, 0.717) is 0 Å². The monoisotopic (exact) mass is 489 g/mol. The van der Waals surface area contributed by atoms with E-state index in [-0.39, 0.29) is 0 Å². The van der Waals surface area contributed by atoms with Crippen LogP contribution in [-0.2, 0) is 0 Å². The quantitative estimate of drug-likeness (QED) is 0.0782. The summed E-state index contributed by atoms with van der Waals surface area (Å²) in [5.74, 6) is 0. The Bertz CT molecular complexity index is 321. The smallest absolute Gasteiger partial charge is 0.0110 e. The van der Waals surface area contributed by atoms with Crippen LogP contribution in [-0.4, -0.2) is 137 Å². The van der Waals surface area contributed by atoms with E-state index in [4.69, 9.17) is 34.4 Å². The number of hydrogen-bond donors (Lipinski definition) is 6. The minimum Gasteiger partial charge on any atom is -0.330 e. The molecule has 12 N–H and O–H groups in total. The first-order valence-corrected chi connectivity index (χ1v) is 13.7. The van der Waals surface area contributed by atoms with Crippen LogP contribution in [0.5, 0.6) is 0 Å². The van der Waals surface area contributed by atoms with Gasteiger partial charge in [-0.3, -0.25) is 4.90 Å². The third-order valence-corrected chi connectivity index (χ3v) is 6.27. The van der Waals surface area contributed by atoms with E-state index in [1.165, 1.54) is 0 Å². The average Bonchev–Trinajstić information content (AvgIpc) is 2.86. The molecular formula is C24H60N10. The van der Waals surface area contributed by atoms with Crippen LogP contribution >= 0.6 is 0 Å². The minimum absolute atomic E-state index is 0.733. The van der Waals surface area contributed by atoms with Crippen LogP contribution in [0, 0.1) is 0 Å². The second-order valence-electron chi connectivity index (χ2n) is 9.22. The standard InChI is InChI=1S/C24H60N10/c25-7-1-13-31(14-2-8-26)19-22-34(23-20-32(15-3-9-27)16-4-10-28)24-21-33(17-5-11-29)18-6-12-30/h1-30H2. The summed E-state index contributed by atoms with van der Waals surface area (Å²) in [7, 11) is 0. The highest BCUT2D eigenvalue weighted by Crippen LogP contribution is 2.02. The molecule has 0 radical (unpaired) electrons. The predicted molar refractivity (Wildman–Crippen MR) is 148 cm³/mol. The second-order valence-corrected chi connectivity index (χ2v) is 9.22. The summed E-state index contributed by atoms with van der Waals surface area (Å²) in [6.45, 7) is 17.0. The molecular weight excluding hydrogens is 428 g/mol. The zero-order valence-corrected chi connectivity index (χ0v) is 22.2. The molecule has 0 aliphatic carbocycles. The molecule has 10 heteroatoms. The maximum Gasteiger partial charge on any atom is 0.0110 e. The molecule has 0 fully saturated rings. The lowest BCUT2D eigenvalue weighted by Crippen LogP contribution is -2.44. The van der Waals surface area contributed by atoms with Crippen molar-refractivity contribution < 1.29 is 0 Å². The fourth-order valence-corrected chi connectivity index (χ4v) is 4.08. The third-order valence-electron chi connectivity index (χ3n) is 6.27. The predicted octanol–water partition coefficient (Wildman–Crippen LogP) is -1.71. The topological polar surface area (TPSA) is 169 Å². The Hall–Kier alpha value is -0.400. The van der Waals surface area contributed by atoms with Crippen molar-refractivity contribution >= 4 is 0 Å². The fourth-order valence-electron chi connectivity index (χ4n) is 4.08. The van der Waals surface area contributed by atoms with Gasteiger partial charge in [0.2, 0.25) is 0 Å². The van der Waals surface area contributed by atoms with Gasteiger partial charge < -0.3 is 49.1 Å². The summed E-state index contributed by atoms with van der Waals surface area (Å²) in [6, 6.07) is 0. The maximum atomic E-state index is 5.77. The molecule has 0 rings (SSSR count). The van der Waals surface area contributed by atoms with Crippen LogP contribution in [0.3, 0.4) is 0 Å². The summed E-state index contributed by atoms with van der Waals surface area (Å²) in [5.41, 5.74) is 34.6. The Morgan fingerprint density at radius 2 is 0.382 bits per heavy atom. The maximum absolute atomic E-state index is 5.77. The van der Waals surface area contributed by atoms with Gasteiger partial charge in [-0.05, 0) is 117 Å². The Kier molecular flexibility index (Phi) is 25.4. The van der Waals surface area contributed by atoms with Crippen molar-refractivity contribution in [1.82, 2.24) is 19.6 Å². The second kappa shape index (κ2) is 25.7. The molecule has 0 aliphatic heterocycles. The lowest BCUT2D eigenvalue weighted by atomic mass is 10.3. The molecule has 0 bridgehead atoms. The highest BCUT2D eigenvalue weighted by atomic mass is 15.2. The molecule has 0 aromatic rings. The average molecular weight is 489 g/mol. The van der Waals surface area contributed by atoms with E-state index in [1.54, 1.807) is 0 Å². The van der Waals surface area contributed by atoms with Crippen molar-refractivity contribution in [3.05, 3.63) is 0 Å². The minimum atomic E-state index is 0.733. The zero-order valence-electron chi connectivity index (χ0n) is 22.2. The van der Waals surface area contributed by atoms with Gasteiger partial charge in [0.05, 0.1) is 0 Å². The van der Waals surface area contributed by atoms with E-state index in [9.17, 15) is 0 Å². The van der Waals surface area contributed by atoms with Crippen LogP contribution in [0.25, 0.3) is 0 Å². The van der Waals surface area contributed by atoms with Gasteiger partial charge in [0.15, 0.2) is 0 Å². The van der Waals surface area contributed by atoms with Crippen molar-refractivity contribution in [2.75, 3.05) is 118 Å². The van der Waals surface area contributed by atoms with Gasteiger partial charge in [0.25, 0.3) is 0 Å². The Labute approximate surface area is 210 Å². The van der Waals surface area contributed by atoms with Crippen molar-refractivity contribution in [1.29, 1.82) is 0 Å². The lowest BCUT2D eigenvalue weighted by molar-refractivity contribution is 0.153. The van der Waals surface area contributed by atoms with E-state index in [1.807, 2.05) is 0 Å². The Morgan fingerprint density at radius 3 is 0.529 bits per heavy atom. The van der Waals surface area contributed by atoms with Crippen LogP contribution in [0.15, 0.2) is 0 Å². The van der Waals surface area contributed by atoms with Gasteiger partial charge in [-0.25, -0.2) is 0 Å². The molecule has 10 nitrogen and oxygen atoms in total. The molecule has 0 saturated carbocycles. The van der Waals surface area contributed by atoms with Gasteiger partial charge in [-0.1, -0.05) is 0 Å². The molecule has 206 valence electrons. The largest absolute Gasteiger partial charge is 0.330 e.